The predicted octanol–water partition coefficient (Wildman–Crippen LogP) is -3.59. The van der Waals surface area contributed by atoms with Crippen molar-refractivity contribution in [2.75, 3.05) is 124 Å². The third-order valence-corrected chi connectivity index (χ3v) is 28.7. The SMILES string of the molecule is COP(=O)(O)OC[C@H]1OCC[C@@H]1OP(=O)(O)OCCCCCCNC(=O)CCSSCCNC(=O)[C@H](CCCCN(Cc1cn(CCCCCO[C@@H]2O[C@H](CO)[C@H](O)[C@H](O)[C@H]2NC(C)=O)nn1)Cc1cn(CCCCCO[C@@H]2O[C@H](CO)[C@H](O)[C@H](O)[C@H]2NC(C)=O)nn1)N(Cc1cn(CCCCCO[C@@H]2O[C@H](CO)[C@H](O)[C@H](O)[C@H]2NC(C)=O)nn1)Cc1cn(CCOCCO[C@@H]2O[C@H](CO)[C@H](O)[C@H](O)[C@H]2C)nn1. The zero-order valence-corrected chi connectivity index (χ0v) is 84.9. The quantitative estimate of drug-likeness (QED) is 0.0115. The van der Waals surface area contributed by atoms with Crippen LogP contribution in [0, 0.1) is 5.92 Å². The van der Waals surface area contributed by atoms with Gasteiger partial charge in [0.25, 0.3) is 0 Å². The molecule has 5 saturated heterocycles. The monoisotopic (exact) mass is 2120 g/mol. The van der Waals surface area contributed by atoms with Crippen molar-refractivity contribution in [1.29, 1.82) is 0 Å². The third-order valence-electron chi connectivity index (χ3n) is 24.3. The lowest BCUT2D eigenvalue weighted by atomic mass is 9.92. The Morgan fingerprint density at radius 1 is 0.469 bits per heavy atom. The van der Waals surface area contributed by atoms with Gasteiger partial charge in [0.2, 0.25) is 29.5 Å². The minimum absolute atomic E-state index is 0.0604. The van der Waals surface area contributed by atoms with Crippen LogP contribution in [0.3, 0.4) is 0 Å². The minimum Gasteiger partial charge on any atom is -0.394 e. The summed E-state index contributed by atoms with van der Waals surface area (Å²) in [6, 6.07) is -4.11. The zero-order chi connectivity index (χ0) is 103. The van der Waals surface area contributed by atoms with Gasteiger partial charge in [-0.3, -0.25) is 65.9 Å². The van der Waals surface area contributed by atoms with Gasteiger partial charge in [0.15, 0.2) is 25.2 Å². The second-order valence-corrected chi connectivity index (χ2v) is 41.4. The Hall–Kier alpha value is -6.13. The van der Waals surface area contributed by atoms with Crippen LogP contribution in [-0.2, 0) is 151 Å². The zero-order valence-electron chi connectivity index (χ0n) is 81.5. The molecule has 4 aromatic rings. The number of unbranched alkanes of at least 4 members (excludes halogenated alkanes) is 10. The number of nitrogens with zero attached hydrogens (tertiary/aromatic N) is 14. The molecule has 5 amide bonds. The number of hydrogen-bond donors (Lipinski definition) is 19. The standard InChI is InChI=1S/C85H149N19O35P2S2/c1-54-73(113)74(114)64(49-105)135-82(54)132-38-37-127-36-30-104-48-61(94-98-104)44-100(43-60-47-103(97-93-60)29-15-10-19-33-131-85-72(90-57(4)111)80(120)77(117)67(52-108)138-85)62(81(121)87-25-40-143-142-39-23-69(112)86-24-12-6-7-20-34-133-141(124,125)139-63-22-35-128-68(63)53-134-140(122,123)126-5)21-11-16-26-99(41-58-45-101(95-91-58)27-13-8-17-31-129-83-70(88-55(2)109)78(118)75(115)65(50-106)136-83)42-59-46-102(96-92-59)28-14-9-18-32-130-84-71(89-56(3)110)79(119)76(116)66(51-107)137-84/h45-48,54,62-68,70-80,82-85,105-108,113-120H,6-44,49-53H2,1-5H3,(H,86,112)(H,87,121)(H,88,109)(H,89,110)(H,90,111)(H,122,123)(H,124,125)/t54-,62+,63+,64-,65-,66-,67-,68-,70-,71-,72-,73-,74+,75+,76+,77+,78-,79-,80-,82-,83-,84-,85-/m1/s1. The molecule has 4 aromatic heterocycles. The van der Waals surface area contributed by atoms with E-state index in [4.69, 9.17) is 60.9 Å². The van der Waals surface area contributed by atoms with Gasteiger partial charge in [0, 0.05) is 168 Å². The van der Waals surface area contributed by atoms with Gasteiger partial charge in [-0.2, -0.15) is 0 Å². The molecule has 9 rings (SSSR count). The Balaban J connectivity index is 0.860. The molecule has 5 aliphatic heterocycles. The topological polar surface area (TPSA) is 721 Å². The average Bonchev–Trinajstić information content (AvgIpc) is 1.82. The molecule has 9 heterocycles. The highest BCUT2D eigenvalue weighted by Gasteiger charge is 2.50. The fourth-order valence-electron chi connectivity index (χ4n) is 16.6. The fraction of sp³-hybridized carbons (Fsp3) is 0.847. The molecule has 25 atom stereocenters. The van der Waals surface area contributed by atoms with E-state index >= 15 is 4.79 Å². The number of ether oxygens (including phenoxy) is 10. The summed E-state index contributed by atoms with van der Waals surface area (Å²) in [5.41, 5.74) is 2.30. The summed E-state index contributed by atoms with van der Waals surface area (Å²) in [5.74, 6) is -1.56. The largest absolute Gasteiger partial charge is 0.472 e. The smallest absolute Gasteiger partial charge is 0.394 e. The molecule has 5 fully saturated rings. The Morgan fingerprint density at radius 3 is 1.36 bits per heavy atom. The summed E-state index contributed by atoms with van der Waals surface area (Å²) in [7, 11) is -4.87. The molecule has 816 valence electrons. The number of aliphatic hydroxyl groups is 12. The Kier molecular flexibility index (Phi) is 53.7. The van der Waals surface area contributed by atoms with E-state index in [1.807, 2.05) is 17.3 Å². The van der Waals surface area contributed by atoms with Crippen LogP contribution in [0.25, 0.3) is 0 Å². The van der Waals surface area contributed by atoms with Crippen LogP contribution in [0.15, 0.2) is 24.8 Å². The third kappa shape index (κ3) is 41.3. The molecule has 0 radical (unpaired) electrons. The number of nitrogens with one attached hydrogen (secondary N) is 5. The number of amides is 5. The second-order valence-electron chi connectivity index (χ2n) is 35.7. The highest BCUT2D eigenvalue weighted by molar-refractivity contribution is 8.76. The summed E-state index contributed by atoms with van der Waals surface area (Å²) in [5, 5.41) is 174. The van der Waals surface area contributed by atoms with Crippen molar-refractivity contribution in [3.8, 4) is 0 Å². The molecule has 58 heteroatoms. The first kappa shape index (κ1) is 120. The number of aromatic nitrogens is 12. The van der Waals surface area contributed by atoms with Crippen molar-refractivity contribution < 1.29 is 170 Å². The lowest BCUT2D eigenvalue weighted by Crippen LogP contribution is -2.64. The number of carbonyl (C=O) groups excluding carboxylic acids is 5. The molecule has 0 aliphatic carbocycles. The van der Waals surface area contributed by atoms with Gasteiger partial charge < -0.3 is 145 Å². The first-order chi connectivity index (χ1) is 68.7. The number of carbonyl (C=O) groups is 5. The molecule has 19 N–H and O–H groups in total. The number of aliphatic hydroxyl groups excluding tert-OH is 12. The van der Waals surface area contributed by atoms with Gasteiger partial charge >= 0.3 is 15.6 Å². The van der Waals surface area contributed by atoms with Crippen molar-refractivity contribution >= 4 is 66.8 Å². The van der Waals surface area contributed by atoms with Gasteiger partial charge in [-0.15, -0.1) is 20.4 Å². The van der Waals surface area contributed by atoms with Crippen LogP contribution in [0.1, 0.15) is 166 Å². The number of rotatable bonds is 71. The summed E-state index contributed by atoms with van der Waals surface area (Å²) >= 11 is 0. The minimum atomic E-state index is -4.51. The molecule has 143 heavy (non-hydrogen) atoms. The second kappa shape index (κ2) is 63.8. The van der Waals surface area contributed by atoms with E-state index in [-0.39, 0.29) is 104 Å². The average molecular weight is 2120 g/mol. The number of phosphoric acid groups is 2. The molecular weight excluding hydrogens is 1970 g/mol. The maximum absolute atomic E-state index is 15.3. The van der Waals surface area contributed by atoms with E-state index in [0.717, 1.165) is 7.11 Å². The maximum Gasteiger partial charge on any atom is 0.472 e. The first-order valence-corrected chi connectivity index (χ1v) is 54.1. The van der Waals surface area contributed by atoms with E-state index in [9.17, 15) is 99.4 Å². The van der Waals surface area contributed by atoms with Crippen molar-refractivity contribution in [3.05, 3.63) is 47.6 Å². The van der Waals surface area contributed by atoms with Crippen LogP contribution < -0.4 is 26.6 Å². The van der Waals surface area contributed by atoms with E-state index in [2.05, 4.69) is 77.3 Å². The van der Waals surface area contributed by atoms with E-state index in [1.165, 1.54) is 42.4 Å². The van der Waals surface area contributed by atoms with Crippen molar-refractivity contribution in [2.45, 2.75) is 330 Å². The predicted molar refractivity (Wildman–Crippen MR) is 502 cm³/mol. The van der Waals surface area contributed by atoms with Crippen molar-refractivity contribution in [2.24, 2.45) is 5.92 Å². The first-order valence-electron chi connectivity index (χ1n) is 48.7. The molecule has 0 bridgehead atoms. The van der Waals surface area contributed by atoms with E-state index < -0.39 is 207 Å². The highest BCUT2D eigenvalue weighted by atomic mass is 33.1. The number of phosphoric ester groups is 2. The highest BCUT2D eigenvalue weighted by Crippen LogP contribution is 2.48. The molecule has 0 spiro atoms. The van der Waals surface area contributed by atoms with Crippen LogP contribution in [0.5, 0.6) is 0 Å². The fourth-order valence-corrected chi connectivity index (χ4v) is 19.9. The Labute approximate surface area is 836 Å². The van der Waals surface area contributed by atoms with Crippen LogP contribution in [0.2, 0.25) is 0 Å². The molecule has 5 aliphatic rings. The summed E-state index contributed by atoms with van der Waals surface area (Å²) in [6.07, 6.45) is -5.02. The van der Waals surface area contributed by atoms with Crippen molar-refractivity contribution in [1.82, 2.24) is 96.4 Å². The van der Waals surface area contributed by atoms with Gasteiger partial charge in [0.1, 0.15) is 97.5 Å². The Morgan fingerprint density at radius 2 is 0.895 bits per heavy atom. The van der Waals surface area contributed by atoms with Crippen molar-refractivity contribution in [3.63, 3.8) is 0 Å². The molecular formula is C85H149N19O35P2S2. The lowest BCUT2D eigenvalue weighted by molar-refractivity contribution is -0.284. The summed E-state index contributed by atoms with van der Waals surface area (Å²) in [4.78, 5) is 88.5. The molecule has 0 saturated carbocycles. The molecule has 2 unspecified atom stereocenters. The van der Waals surface area contributed by atoms with Gasteiger partial charge in [-0.25, -0.2) is 13.8 Å². The van der Waals surface area contributed by atoms with E-state index in [1.54, 1.807) is 38.0 Å². The van der Waals surface area contributed by atoms with Crippen LogP contribution >= 0.6 is 37.2 Å². The lowest BCUT2D eigenvalue weighted by Gasteiger charge is -2.42. The summed E-state index contributed by atoms with van der Waals surface area (Å²) in [6.45, 7) is 7.18. The van der Waals surface area contributed by atoms with Gasteiger partial charge in [-0.1, -0.05) is 68.6 Å². The molecule has 0 aromatic carbocycles. The normalized spacial score (nSPS) is 27.4. The van der Waals surface area contributed by atoms with E-state index in [0.29, 0.717) is 183 Å². The molecule has 54 nitrogen and oxygen atoms in total. The summed E-state index contributed by atoms with van der Waals surface area (Å²) < 4.78 is 109. The Bertz CT molecular complexity index is 4320. The van der Waals surface area contributed by atoms with Crippen LogP contribution in [0.4, 0.5) is 0 Å². The van der Waals surface area contributed by atoms with Crippen LogP contribution in [-0.4, -0.2) is 429 Å². The maximum atomic E-state index is 15.3. The number of hydrogen-bond acceptors (Lipinski definition) is 45. The van der Waals surface area contributed by atoms with Gasteiger partial charge in [-0.05, 0) is 90.0 Å². The van der Waals surface area contributed by atoms with Gasteiger partial charge in [0.05, 0.1) is 101 Å². The number of aryl methyl sites for hydroxylation is 3.